The Morgan fingerprint density at radius 1 is 1.21 bits per heavy atom. The molecule has 0 radical (unpaired) electrons. The summed E-state index contributed by atoms with van der Waals surface area (Å²) in [6.07, 6.45) is 0.917. The van der Waals surface area contributed by atoms with E-state index in [1.807, 2.05) is 0 Å². The van der Waals surface area contributed by atoms with E-state index in [0.29, 0.717) is 12.1 Å². The van der Waals surface area contributed by atoms with E-state index in [0.717, 1.165) is 12.1 Å². The van der Waals surface area contributed by atoms with Gasteiger partial charge in [-0.2, -0.15) is 13.2 Å². The number of ether oxygens (including phenoxy) is 1. The third-order valence-electron chi connectivity index (χ3n) is 4.86. The van der Waals surface area contributed by atoms with Crippen molar-refractivity contribution in [3.63, 3.8) is 0 Å². The second-order valence-electron chi connectivity index (χ2n) is 8.00. The van der Waals surface area contributed by atoms with Crippen molar-refractivity contribution in [1.82, 2.24) is 4.90 Å². The fraction of sp³-hybridized carbons (Fsp3) is 0.500. The molecule has 2 heterocycles. The second kappa shape index (κ2) is 6.73. The van der Waals surface area contributed by atoms with Gasteiger partial charge >= 0.3 is 12.3 Å². The molecule has 8 heteroatoms. The highest BCUT2D eigenvalue weighted by Crippen LogP contribution is 2.39. The minimum atomic E-state index is -4.45. The Morgan fingerprint density at radius 3 is 2.32 bits per heavy atom. The standard InChI is InChI=1S/C20H21F3N2O3/c1-5-15-12-10-16(25(15)18(27)28-19(2,3)4)17(26)24(11-12)14-8-6-13(7-9-14)20(21,22)23/h1,6-9,12,15-16H,10-11H2,2-4H3/t12-,15-,16+/m0/s1. The molecule has 2 fully saturated rings. The monoisotopic (exact) mass is 394 g/mol. The minimum Gasteiger partial charge on any atom is -0.444 e. The molecule has 1 aromatic rings. The maximum absolute atomic E-state index is 13.0. The van der Waals surface area contributed by atoms with Gasteiger partial charge in [-0.05, 0) is 51.5 Å². The third-order valence-corrected chi connectivity index (χ3v) is 4.86. The number of likely N-dealkylation sites (tertiary alicyclic amines) is 1. The zero-order valence-electron chi connectivity index (χ0n) is 15.8. The van der Waals surface area contributed by atoms with Crippen molar-refractivity contribution in [2.75, 3.05) is 11.4 Å². The molecule has 0 unspecified atom stereocenters. The van der Waals surface area contributed by atoms with Gasteiger partial charge in [-0.3, -0.25) is 9.69 Å². The summed E-state index contributed by atoms with van der Waals surface area (Å²) in [4.78, 5) is 28.3. The van der Waals surface area contributed by atoms with Crippen LogP contribution in [0.3, 0.4) is 0 Å². The first-order valence-electron chi connectivity index (χ1n) is 8.88. The summed E-state index contributed by atoms with van der Waals surface area (Å²) in [6.45, 7) is 5.38. The molecule has 5 nitrogen and oxygen atoms in total. The molecular formula is C20H21F3N2O3. The van der Waals surface area contributed by atoms with Crippen LogP contribution in [0.15, 0.2) is 24.3 Å². The molecule has 0 spiro atoms. The molecule has 1 aromatic carbocycles. The number of rotatable bonds is 1. The molecule has 2 saturated heterocycles. The average molecular weight is 394 g/mol. The summed E-state index contributed by atoms with van der Waals surface area (Å²) >= 11 is 0. The maximum Gasteiger partial charge on any atom is 0.416 e. The highest BCUT2D eigenvalue weighted by atomic mass is 19.4. The Labute approximate surface area is 161 Å². The van der Waals surface area contributed by atoms with Gasteiger partial charge < -0.3 is 9.64 Å². The lowest BCUT2D eigenvalue weighted by Gasteiger charge is -2.32. The molecule has 0 aliphatic carbocycles. The number of amides is 2. The van der Waals surface area contributed by atoms with Gasteiger partial charge in [0.1, 0.15) is 17.7 Å². The van der Waals surface area contributed by atoms with Gasteiger partial charge in [0.05, 0.1) is 5.56 Å². The van der Waals surface area contributed by atoms with E-state index in [1.54, 1.807) is 20.8 Å². The van der Waals surface area contributed by atoms with Gasteiger partial charge in [0, 0.05) is 18.2 Å². The lowest BCUT2D eigenvalue weighted by Crippen LogP contribution is -2.50. The van der Waals surface area contributed by atoms with E-state index >= 15 is 0 Å². The second-order valence-corrected chi connectivity index (χ2v) is 8.00. The van der Waals surface area contributed by atoms with Gasteiger partial charge in [-0.1, -0.05) is 5.92 Å². The number of halogens is 3. The molecule has 0 aromatic heterocycles. The SMILES string of the molecule is C#C[C@H]1[C@H]2C[C@H](C(=O)N(c3ccc(C(F)(F)F)cc3)C2)N1C(=O)OC(C)(C)C. The zero-order chi connectivity index (χ0) is 20.9. The number of carbonyl (C=O) groups excluding carboxylic acids is 2. The van der Waals surface area contributed by atoms with Crippen LogP contribution in [-0.2, 0) is 15.7 Å². The van der Waals surface area contributed by atoms with Crippen LogP contribution in [-0.4, -0.2) is 41.1 Å². The number of alkyl halides is 3. The number of hydrogen-bond acceptors (Lipinski definition) is 3. The van der Waals surface area contributed by atoms with E-state index in [9.17, 15) is 22.8 Å². The topological polar surface area (TPSA) is 49.9 Å². The first-order chi connectivity index (χ1) is 12.9. The predicted molar refractivity (Wildman–Crippen MR) is 96.4 cm³/mol. The lowest BCUT2D eigenvalue weighted by atomic mass is 9.94. The van der Waals surface area contributed by atoms with Gasteiger partial charge in [-0.15, -0.1) is 6.42 Å². The third kappa shape index (κ3) is 3.66. The molecule has 150 valence electrons. The lowest BCUT2D eigenvalue weighted by molar-refractivity contribution is -0.137. The van der Waals surface area contributed by atoms with E-state index in [1.165, 1.54) is 21.9 Å². The van der Waals surface area contributed by atoms with Crippen molar-refractivity contribution in [2.24, 2.45) is 5.92 Å². The first-order valence-corrected chi connectivity index (χ1v) is 8.88. The first kappa shape index (κ1) is 20.1. The summed E-state index contributed by atoms with van der Waals surface area (Å²) in [5, 5.41) is 0. The van der Waals surface area contributed by atoms with Crippen LogP contribution < -0.4 is 4.90 Å². The molecular weight excluding hydrogens is 373 g/mol. The Bertz CT molecular complexity index is 821. The van der Waals surface area contributed by atoms with Crippen LogP contribution in [0.4, 0.5) is 23.7 Å². The van der Waals surface area contributed by atoms with E-state index in [2.05, 4.69) is 5.92 Å². The van der Waals surface area contributed by atoms with Crippen molar-refractivity contribution in [3.8, 4) is 12.3 Å². The number of benzene rings is 1. The summed E-state index contributed by atoms with van der Waals surface area (Å²) in [7, 11) is 0. The van der Waals surface area contributed by atoms with Crippen LogP contribution in [0.2, 0.25) is 0 Å². The zero-order valence-corrected chi connectivity index (χ0v) is 15.8. The highest BCUT2D eigenvalue weighted by molar-refractivity contribution is 6.00. The molecule has 28 heavy (non-hydrogen) atoms. The van der Waals surface area contributed by atoms with Crippen molar-refractivity contribution in [2.45, 2.75) is 51.1 Å². The highest BCUT2D eigenvalue weighted by Gasteiger charge is 2.53. The number of fused-ring (bicyclic) bond motifs is 2. The summed E-state index contributed by atoms with van der Waals surface area (Å²) in [6, 6.07) is 2.98. The van der Waals surface area contributed by atoms with Gasteiger partial charge in [0.15, 0.2) is 0 Å². The van der Waals surface area contributed by atoms with E-state index in [4.69, 9.17) is 11.2 Å². The quantitative estimate of drug-likeness (QED) is 0.683. The molecule has 2 amide bonds. The number of carbonyl (C=O) groups is 2. The van der Waals surface area contributed by atoms with Crippen LogP contribution in [0.25, 0.3) is 0 Å². The number of anilines is 1. The smallest absolute Gasteiger partial charge is 0.416 e. The number of piperidine rings is 1. The maximum atomic E-state index is 13.0. The number of terminal acetylenes is 1. The van der Waals surface area contributed by atoms with Crippen LogP contribution in [0.5, 0.6) is 0 Å². The molecule has 2 aliphatic rings. The average Bonchev–Trinajstić information content (AvgIpc) is 2.90. The largest absolute Gasteiger partial charge is 0.444 e. The van der Waals surface area contributed by atoms with Crippen LogP contribution in [0, 0.1) is 18.3 Å². The predicted octanol–water partition coefficient (Wildman–Crippen LogP) is 3.68. The molecule has 2 bridgehead atoms. The molecule has 3 atom stereocenters. The molecule has 3 rings (SSSR count). The van der Waals surface area contributed by atoms with Crippen molar-refractivity contribution < 1.29 is 27.5 Å². The summed E-state index contributed by atoms with van der Waals surface area (Å²) < 4.78 is 43.8. The van der Waals surface area contributed by atoms with Gasteiger partial charge in [0.25, 0.3) is 0 Å². The summed E-state index contributed by atoms with van der Waals surface area (Å²) in [5.74, 6) is 2.02. The van der Waals surface area contributed by atoms with Gasteiger partial charge in [-0.25, -0.2) is 4.79 Å². The fourth-order valence-electron chi connectivity index (χ4n) is 3.68. The Hall–Kier alpha value is -2.69. The molecule has 2 aliphatic heterocycles. The van der Waals surface area contributed by atoms with Crippen molar-refractivity contribution in [1.29, 1.82) is 0 Å². The summed E-state index contributed by atoms with van der Waals surface area (Å²) in [5.41, 5.74) is -1.20. The van der Waals surface area contributed by atoms with Gasteiger partial charge in [0.2, 0.25) is 5.91 Å². The number of nitrogens with zero attached hydrogens (tertiary/aromatic N) is 2. The Kier molecular flexibility index (Phi) is 4.82. The van der Waals surface area contributed by atoms with Crippen LogP contribution in [0.1, 0.15) is 32.8 Å². The minimum absolute atomic E-state index is 0.178. The normalized spacial score (nSPS) is 24.9. The Balaban J connectivity index is 1.87. The van der Waals surface area contributed by atoms with E-state index < -0.39 is 35.5 Å². The van der Waals surface area contributed by atoms with Crippen molar-refractivity contribution >= 4 is 17.7 Å². The molecule has 0 N–H and O–H groups in total. The van der Waals surface area contributed by atoms with Crippen molar-refractivity contribution in [3.05, 3.63) is 29.8 Å². The fourth-order valence-corrected chi connectivity index (χ4v) is 3.68. The van der Waals surface area contributed by atoms with E-state index in [-0.39, 0.29) is 18.4 Å². The van der Waals surface area contributed by atoms with Crippen LogP contribution >= 0.6 is 0 Å². The molecule has 0 saturated carbocycles. The Morgan fingerprint density at radius 2 is 1.82 bits per heavy atom. The number of hydrogen-bond donors (Lipinski definition) is 0.